The minimum absolute atomic E-state index is 0.110. The van der Waals surface area contributed by atoms with Crippen LogP contribution < -0.4 is 19.7 Å². The second kappa shape index (κ2) is 11.8. The molecule has 0 spiro atoms. The van der Waals surface area contributed by atoms with Gasteiger partial charge in [0.05, 0.1) is 19.2 Å². The van der Waals surface area contributed by atoms with Gasteiger partial charge in [0.1, 0.15) is 18.1 Å². The fourth-order valence-electron chi connectivity index (χ4n) is 4.54. The van der Waals surface area contributed by atoms with E-state index in [-0.39, 0.29) is 18.4 Å². The first-order valence-electron chi connectivity index (χ1n) is 13.3. The van der Waals surface area contributed by atoms with Crippen LogP contribution in [-0.4, -0.2) is 46.1 Å². The van der Waals surface area contributed by atoms with Gasteiger partial charge in [0, 0.05) is 11.2 Å². The average molecular weight is 544 g/mol. The first-order valence-corrected chi connectivity index (χ1v) is 13.3. The predicted molar refractivity (Wildman–Crippen MR) is 156 cm³/mol. The topological polar surface area (TPSA) is 98.6 Å². The third-order valence-electron chi connectivity index (χ3n) is 6.55. The number of ether oxygens (including phenoxy) is 2. The van der Waals surface area contributed by atoms with E-state index in [2.05, 4.69) is 15.6 Å². The highest BCUT2D eigenvalue weighted by atomic mass is 16.5. The molecule has 1 aromatic heterocycles. The number of aromatic nitrogens is 3. The summed E-state index contributed by atoms with van der Waals surface area (Å²) in [5.41, 5.74) is 4.14. The minimum Gasteiger partial charge on any atom is -0.493 e. The number of aryl methyl sites for hydroxylation is 2. The SMILES string of the molecule is CCOc1ccc([C@H](C(=O)NC(C)(C)C)N(C(=O)Cn2nnc3ccccc32)c2ccc(C)c(C)c2)cc1OC. The zero-order valence-corrected chi connectivity index (χ0v) is 24.2. The summed E-state index contributed by atoms with van der Waals surface area (Å²) in [7, 11) is 1.55. The number of nitrogens with one attached hydrogen (secondary N) is 1. The Morgan fingerprint density at radius 3 is 2.42 bits per heavy atom. The lowest BCUT2D eigenvalue weighted by Gasteiger charge is -2.34. The van der Waals surface area contributed by atoms with Crippen molar-refractivity contribution in [3.63, 3.8) is 0 Å². The number of amides is 2. The molecule has 210 valence electrons. The fraction of sp³-hybridized carbons (Fsp3) is 0.355. The molecule has 4 aromatic rings. The summed E-state index contributed by atoms with van der Waals surface area (Å²) in [6.45, 7) is 12.0. The predicted octanol–water partition coefficient (Wildman–Crippen LogP) is 5.14. The summed E-state index contributed by atoms with van der Waals surface area (Å²) in [4.78, 5) is 29.8. The maximum atomic E-state index is 14.3. The van der Waals surface area contributed by atoms with Crippen LogP contribution in [0.4, 0.5) is 5.69 Å². The zero-order chi connectivity index (χ0) is 29.0. The van der Waals surface area contributed by atoms with Crippen molar-refractivity contribution in [1.29, 1.82) is 0 Å². The summed E-state index contributed by atoms with van der Waals surface area (Å²) < 4.78 is 12.9. The molecule has 1 heterocycles. The summed E-state index contributed by atoms with van der Waals surface area (Å²) in [5, 5.41) is 11.5. The van der Waals surface area contributed by atoms with Gasteiger partial charge in [0.15, 0.2) is 11.5 Å². The molecule has 40 heavy (non-hydrogen) atoms. The maximum absolute atomic E-state index is 14.3. The van der Waals surface area contributed by atoms with Gasteiger partial charge in [0.25, 0.3) is 0 Å². The van der Waals surface area contributed by atoms with Gasteiger partial charge in [-0.3, -0.25) is 14.5 Å². The molecule has 0 bridgehead atoms. The highest BCUT2D eigenvalue weighted by Crippen LogP contribution is 2.35. The number of rotatable bonds is 9. The maximum Gasteiger partial charge on any atom is 0.249 e. The van der Waals surface area contributed by atoms with Crippen LogP contribution >= 0.6 is 0 Å². The Bertz CT molecular complexity index is 1520. The highest BCUT2D eigenvalue weighted by Gasteiger charge is 2.35. The Kier molecular flexibility index (Phi) is 8.42. The van der Waals surface area contributed by atoms with Crippen molar-refractivity contribution in [2.75, 3.05) is 18.6 Å². The number of nitrogens with zero attached hydrogens (tertiary/aromatic N) is 4. The molecule has 1 N–H and O–H groups in total. The van der Waals surface area contributed by atoms with E-state index in [1.54, 1.807) is 34.9 Å². The van der Waals surface area contributed by atoms with E-state index in [0.717, 1.165) is 16.6 Å². The third kappa shape index (κ3) is 6.25. The number of fused-ring (bicyclic) bond motifs is 1. The van der Waals surface area contributed by atoms with E-state index < -0.39 is 11.6 Å². The number of anilines is 1. The standard InChI is InChI=1S/C31H37N5O4/c1-8-40-26-16-14-22(18-27(26)39-7)29(30(38)32-31(4,5)6)36(23-15-13-20(2)21(3)17-23)28(37)19-35-25-12-10-9-11-24(25)33-34-35/h9-18,29H,8,19H2,1-7H3,(H,32,38)/t29-/m1/s1. The van der Waals surface area contributed by atoms with E-state index in [1.807, 2.05) is 84.0 Å². The molecule has 2 amide bonds. The summed E-state index contributed by atoms with van der Waals surface area (Å²) in [6, 6.07) is 17.5. The first kappa shape index (κ1) is 28.6. The van der Waals surface area contributed by atoms with Gasteiger partial charge in [0.2, 0.25) is 11.8 Å². The van der Waals surface area contributed by atoms with Gasteiger partial charge in [-0.15, -0.1) is 5.10 Å². The van der Waals surface area contributed by atoms with E-state index in [0.29, 0.717) is 34.9 Å². The molecular formula is C31H37N5O4. The Balaban J connectivity index is 1.88. The lowest BCUT2D eigenvalue weighted by Crippen LogP contribution is -2.50. The zero-order valence-electron chi connectivity index (χ0n) is 24.2. The molecule has 0 aliphatic rings. The number of benzene rings is 3. The molecule has 0 fully saturated rings. The van der Waals surface area contributed by atoms with Crippen LogP contribution in [0.5, 0.6) is 11.5 Å². The van der Waals surface area contributed by atoms with Gasteiger partial charge < -0.3 is 14.8 Å². The van der Waals surface area contributed by atoms with Crippen LogP contribution in [-0.2, 0) is 16.1 Å². The van der Waals surface area contributed by atoms with E-state index in [9.17, 15) is 9.59 Å². The molecule has 0 saturated carbocycles. The van der Waals surface area contributed by atoms with E-state index >= 15 is 0 Å². The summed E-state index contributed by atoms with van der Waals surface area (Å²) in [5.74, 6) is 0.388. The molecule has 9 nitrogen and oxygen atoms in total. The number of carbonyl (C=O) groups is 2. The Morgan fingerprint density at radius 2 is 1.75 bits per heavy atom. The molecule has 4 rings (SSSR count). The summed E-state index contributed by atoms with van der Waals surface area (Å²) in [6.07, 6.45) is 0. The average Bonchev–Trinajstić information content (AvgIpc) is 3.31. The fourth-order valence-corrected chi connectivity index (χ4v) is 4.54. The Hall–Kier alpha value is -4.40. The van der Waals surface area contributed by atoms with Crippen LogP contribution in [0.25, 0.3) is 11.0 Å². The van der Waals surface area contributed by atoms with Crippen LogP contribution in [0, 0.1) is 13.8 Å². The van der Waals surface area contributed by atoms with E-state index in [1.165, 1.54) is 0 Å². The number of hydrogen-bond donors (Lipinski definition) is 1. The van der Waals surface area contributed by atoms with Crippen LogP contribution in [0.2, 0.25) is 0 Å². The normalized spacial score (nSPS) is 12.2. The molecule has 0 aliphatic heterocycles. The van der Waals surface area contributed by atoms with Crippen molar-refractivity contribution in [2.24, 2.45) is 0 Å². The van der Waals surface area contributed by atoms with Crippen molar-refractivity contribution in [2.45, 2.75) is 59.7 Å². The van der Waals surface area contributed by atoms with Gasteiger partial charge in [-0.25, -0.2) is 4.68 Å². The summed E-state index contributed by atoms with van der Waals surface area (Å²) >= 11 is 0. The van der Waals surface area contributed by atoms with Crippen LogP contribution in [0.15, 0.2) is 60.7 Å². The van der Waals surface area contributed by atoms with Gasteiger partial charge in [-0.05, 0) is 94.6 Å². The van der Waals surface area contributed by atoms with Gasteiger partial charge in [-0.1, -0.05) is 29.5 Å². The molecule has 0 radical (unpaired) electrons. The van der Waals surface area contributed by atoms with Crippen molar-refractivity contribution in [1.82, 2.24) is 20.3 Å². The molecule has 0 aliphatic carbocycles. The number of methoxy groups -OCH3 is 1. The van der Waals surface area contributed by atoms with Crippen molar-refractivity contribution in [3.05, 3.63) is 77.4 Å². The lowest BCUT2D eigenvalue weighted by molar-refractivity contribution is -0.128. The molecular weight excluding hydrogens is 506 g/mol. The third-order valence-corrected chi connectivity index (χ3v) is 6.55. The number of carbonyl (C=O) groups excluding carboxylic acids is 2. The number of hydrogen-bond acceptors (Lipinski definition) is 6. The second-order valence-electron chi connectivity index (χ2n) is 10.8. The van der Waals surface area contributed by atoms with Crippen molar-refractivity contribution in [3.8, 4) is 11.5 Å². The molecule has 3 aromatic carbocycles. The van der Waals surface area contributed by atoms with Crippen LogP contribution in [0.3, 0.4) is 0 Å². The smallest absolute Gasteiger partial charge is 0.249 e. The van der Waals surface area contributed by atoms with Gasteiger partial charge in [-0.2, -0.15) is 0 Å². The molecule has 1 atom stereocenters. The first-order chi connectivity index (χ1) is 19.0. The van der Waals surface area contributed by atoms with Crippen molar-refractivity contribution >= 4 is 28.5 Å². The molecule has 9 heteroatoms. The second-order valence-corrected chi connectivity index (χ2v) is 10.8. The highest BCUT2D eigenvalue weighted by molar-refractivity contribution is 6.02. The largest absolute Gasteiger partial charge is 0.493 e. The lowest BCUT2D eigenvalue weighted by atomic mass is 9.99. The minimum atomic E-state index is -1.01. The monoisotopic (exact) mass is 543 g/mol. The molecule has 0 unspecified atom stereocenters. The van der Waals surface area contributed by atoms with E-state index in [4.69, 9.17) is 9.47 Å². The quantitative estimate of drug-likeness (QED) is 0.314. The van der Waals surface area contributed by atoms with Crippen LogP contribution in [0.1, 0.15) is 50.4 Å². The number of para-hydroxylation sites is 1. The Labute approximate surface area is 235 Å². The van der Waals surface area contributed by atoms with Crippen molar-refractivity contribution < 1.29 is 19.1 Å². The molecule has 0 saturated heterocycles. The van der Waals surface area contributed by atoms with Gasteiger partial charge >= 0.3 is 0 Å². The Morgan fingerprint density at radius 1 is 1.00 bits per heavy atom.